The van der Waals surface area contributed by atoms with E-state index >= 15 is 0 Å². The van der Waals surface area contributed by atoms with Crippen LogP contribution < -0.4 is 9.50 Å². The van der Waals surface area contributed by atoms with Gasteiger partial charge in [-0.2, -0.15) is 8.42 Å². The number of nitro groups is 1. The topological polar surface area (TPSA) is 119 Å². The fourth-order valence-electron chi connectivity index (χ4n) is 4.07. The first kappa shape index (κ1) is 24.4. The maximum absolute atomic E-state index is 12.8. The van der Waals surface area contributed by atoms with E-state index in [1.807, 2.05) is 18.2 Å². The zero-order chi connectivity index (χ0) is 24.8. The molecule has 1 heterocycles. The van der Waals surface area contributed by atoms with E-state index in [9.17, 15) is 23.3 Å². The van der Waals surface area contributed by atoms with Gasteiger partial charge in [-0.1, -0.05) is 36.4 Å². The molecule has 0 bridgehead atoms. The molecule has 1 fully saturated rings. The van der Waals surface area contributed by atoms with Crippen molar-refractivity contribution in [2.45, 2.75) is 23.8 Å². The summed E-state index contributed by atoms with van der Waals surface area (Å²) in [5.74, 6) is -0.287. The van der Waals surface area contributed by atoms with Gasteiger partial charge in [0.1, 0.15) is 10.6 Å². The summed E-state index contributed by atoms with van der Waals surface area (Å²) in [6, 6.07) is 20.4. The number of nitro benzene ring substituents is 1. The van der Waals surface area contributed by atoms with Crippen molar-refractivity contribution in [1.29, 1.82) is 0 Å². The van der Waals surface area contributed by atoms with Crippen LogP contribution in [0.2, 0.25) is 0 Å². The Morgan fingerprint density at radius 3 is 2.34 bits per heavy atom. The van der Waals surface area contributed by atoms with Crippen LogP contribution in [0.5, 0.6) is 5.75 Å². The highest BCUT2D eigenvalue weighted by Crippen LogP contribution is 2.25. The first-order chi connectivity index (χ1) is 16.8. The first-order valence-corrected chi connectivity index (χ1v) is 12.6. The minimum Gasteiger partial charge on any atom is -0.379 e. The molecule has 1 atom stereocenters. The van der Waals surface area contributed by atoms with Gasteiger partial charge < -0.3 is 9.50 Å². The van der Waals surface area contributed by atoms with Crippen molar-refractivity contribution in [1.82, 2.24) is 10.2 Å². The summed E-state index contributed by atoms with van der Waals surface area (Å²) >= 11 is 0. The van der Waals surface area contributed by atoms with Gasteiger partial charge in [0.2, 0.25) is 0 Å². The molecule has 3 aromatic rings. The number of amides is 1. The van der Waals surface area contributed by atoms with Crippen LogP contribution in [0.1, 0.15) is 34.8 Å². The Bertz CT molecular complexity index is 1290. The van der Waals surface area contributed by atoms with Crippen LogP contribution in [0.4, 0.5) is 5.69 Å². The van der Waals surface area contributed by atoms with Crippen LogP contribution in [0.25, 0.3) is 0 Å². The number of non-ortho nitro benzene ring substituents is 1. The summed E-state index contributed by atoms with van der Waals surface area (Å²) in [5, 5.41) is 13.9. The van der Waals surface area contributed by atoms with E-state index in [-0.39, 0.29) is 28.3 Å². The molecule has 9 nitrogen and oxygen atoms in total. The molecule has 0 spiro atoms. The van der Waals surface area contributed by atoms with E-state index in [1.54, 1.807) is 0 Å². The van der Waals surface area contributed by atoms with Gasteiger partial charge in [0.05, 0.1) is 11.0 Å². The Balaban J connectivity index is 1.41. The summed E-state index contributed by atoms with van der Waals surface area (Å²) in [4.78, 5) is 25.0. The van der Waals surface area contributed by atoms with Crippen molar-refractivity contribution in [3.05, 3.63) is 100 Å². The summed E-state index contributed by atoms with van der Waals surface area (Å²) in [5.41, 5.74) is 1.15. The summed E-state index contributed by atoms with van der Waals surface area (Å²) in [6.45, 7) is 2.42. The Labute approximate surface area is 203 Å². The summed E-state index contributed by atoms with van der Waals surface area (Å²) in [7, 11) is -4.27. The van der Waals surface area contributed by atoms with Crippen LogP contribution in [-0.2, 0) is 10.1 Å². The predicted octanol–water partition coefficient (Wildman–Crippen LogP) is 3.93. The molecule has 1 amide bonds. The SMILES string of the molecule is O=C(NCC(c1ccccc1)N1CCCC1)c1ccc(OS(=O)(=O)c2cccc([N+](=O)[O-])c2)cc1. The summed E-state index contributed by atoms with van der Waals surface area (Å²) < 4.78 is 30.1. The molecule has 182 valence electrons. The van der Waals surface area contributed by atoms with Crippen molar-refractivity contribution in [3.8, 4) is 5.75 Å². The number of nitrogens with zero attached hydrogens (tertiary/aromatic N) is 2. The smallest absolute Gasteiger partial charge is 0.339 e. The normalized spacial score (nSPS) is 14.9. The third-order valence-electron chi connectivity index (χ3n) is 5.86. The lowest BCUT2D eigenvalue weighted by Crippen LogP contribution is -2.36. The number of carbonyl (C=O) groups is 1. The van der Waals surface area contributed by atoms with Crippen molar-refractivity contribution in [2.24, 2.45) is 0 Å². The van der Waals surface area contributed by atoms with E-state index < -0.39 is 15.0 Å². The second kappa shape index (κ2) is 10.7. The third kappa shape index (κ3) is 6.03. The number of rotatable bonds is 9. The molecule has 0 aliphatic carbocycles. The van der Waals surface area contributed by atoms with Crippen molar-refractivity contribution < 1.29 is 22.3 Å². The number of nitrogens with one attached hydrogen (secondary N) is 1. The van der Waals surface area contributed by atoms with Crippen molar-refractivity contribution >= 4 is 21.7 Å². The van der Waals surface area contributed by atoms with Crippen molar-refractivity contribution in [3.63, 3.8) is 0 Å². The zero-order valence-corrected chi connectivity index (χ0v) is 19.7. The molecule has 10 heteroatoms. The van der Waals surface area contributed by atoms with Gasteiger partial charge in [-0.15, -0.1) is 0 Å². The van der Waals surface area contributed by atoms with E-state index in [0.29, 0.717) is 12.1 Å². The van der Waals surface area contributed by atoms with Gasteiger partial charge in [-0.05, 0) is 61.8 Å². The standard InChI is InChI=1S/C25H25N3O6S/c29-25(26-18-24(27-15-4-5-16-27)19-7-2-1-3-8-19)20-11-13-22(14-12-20)34-35(32,33)23-10-6-9-21(17-23)28(30)31/h1-3,6-14,17,24H,4-5,15-16,18H2,(H,26,29). The van der Waals surface area contributed by atoms with Gasteiger partial charge >= 0.3 is 10.1 Å². The Morgan fingerprint density at radius 2 is 1.69 bits per heavy atom. The van der Waals surface area contributed by atoms with Crippen LogP contribution in [-0.4, -0.2) is 43.8 Å². The third-order valence-corrected chi connectivity index (χ3v) is 7.10. The Kier molecular flexibility index (Phi) is 7.42. The molecule has 0 saturated carbocycles. The number of likely N-dealkylation sites (tertiary alicyclic amines) is 1. The van der Waals surface area contributed by atoms with Crippen LogP contribution in [0.15, 0.2) is 83.8 Å². The van der Waals surface area contributed by atoms with E-state index in [2.05, 4.69) is 22.3 Å². The Morgan fingerprint density at radius 1 is 1.00 bits per heavy atom. The number of carbonyl (C=O) groups excluding carboxylic acids is 1. The number of hydrogen-bond donors (Lipinski definition) is 1. The largest absolute Gasteiger partial charge is 0.379 e. The van der Waals surface area contributed by atoms with E-state index in [1.165, 1.54) is 42.5 Å². The molecule has 1 aliphatic heterocycles. The van der Waals surface area contributed by atoms with E-state index in [0.717, 1.165) is 37.6 Å². The maximum Gasteiger partial charge on any atom is 0.339 e. The molecule has 4 rings (SSSR count). The molecule has 3 aromatic carbocycles. The number of hydrogen-bond acceptors (Lipinski definition) is 7. The molecule has 1 saturated heterocycles. The maximum atomic E-state index is 12.8. The van der Waals surface area contributed by atoms with Crippen molar-refractivity contribution in [2.75, 3.05) is 19.6 Å². The van der Waals surface area contributed by atoms with Gasteiger partial charge in [0.25, 0.3) is 11.6 Å². The molecule has 0 radical (unpaired) electrons. The fourth-order valence-corrected chi connectivity index (χ4v) is 5.04. The first-order valence-electron chi connectivity index (χ1n) is 11.2. The minimum atomic E-state index is -4.27. The molecule has 1 aliphatic rings. The average molecular weight is 496 g/mol. The molecule has 1 N–H and O–H groups in total. The molecule has 1 unspecified atom stereocenters. The molecule has 35 heavy (non-hydrogen) atoms. The monoisotopic (exact) mass is 495 g/mol. The van der Waals surface area contributed by atoms with Crippen LogP contribution in [0, 0.1) is 10.1 Å². The van der Waals surface area contributed by atoms with Gasteiger partial charge in [0, 0.05) is 24.2 Å². The summed E-state index contributed by atoms with van der Waals surface area (Å²) in [6.07, 6.45) is 2.27. The predicted molar refractivity (Wildman–Crippen MR) is 130 cm³/mol. The second-order valence-corrected chi connectivity index (χ2v) is 9.74. The van der Waals surface area contributed by atoms with E-state index in [4.69, 9.17) is 4.18 Å². The van der Waals surface area contributed by atoms with Crippen LogP contribution in [0.3, 0.4) is 0 Å². The lowest BCUT2D eigenvalue weighted by atomic mass is 10.1. The second-order valence-electron chi connectivity index (χ2n) is 8.20. The zero-order valence-electron chi connectivity index (χ0n) is 18.9. The van der Waals surface area contributed by atoms with Gasteiger partial charge in [-0.25, -0.2) is 0 Å². The Hall–Kier alpha value is -3.76. The quantitative estimate of drug-likeness (QED) is 0.271. The highest BCUT2D eigenvalue weighted by atomic mass is 32.2. The lowest BCUT2D eigenvalue weighted by molar-refractivity contribution is -0.385. The molecular weight excluding hydrogens is 470 g/mol. The van der Waals surface area contributed by atoms with Gasteiger partial charge in [0.15, 0.2) is 0 Å². The fraction of sp³-hybridized carbons (Fsp3) is 0.240. The average Bonchev–Trinajstić information content (AvgIpc) is 3.40. The highest BCUT2D eigenvalue weighted by molar-refractivity contribution is 7.87. The molecule has 0 aromatic heterocycles. The van der Waals surface area contributed by atoms with Crippen LogP contribution >= 0.6 is 0 Å². The van der Waals surface area contributed by atoms with Gasteiger partial charge in [-0.3, -0.25) is 19.8 Å². The molecular formula is C25H25N3O6S. The lowest BCUT2D eigenvalue weighted by Gasteiger charge is -2.28. The highest BCUT2D eigenvalue weighted by Gasteiger charge is 2.24. The minimum absolute atomic E-state index is 0.00714. The number of benzene rings is 3.